The number of rotatable bonds is 4. The van der Waals surface area contributed by atoms with Crippen molar-refractivity contribution in [2.45, 2.75) is 39.8 Å². The van der Waals surface area contributed by atoms with Gasteiger partial charge in [-0.1, -0.05) is 28.9 Å². The van der Waals surface area contributed by atoms with Crippen LogP contribution in [-0.2, 0) is 6.54 Å². The lowest BCUT2D eigenvalue weighted by atomic mass is 10.1. The summed E-state index contributed by atoms with van der Waals surface area (Å²) >= 11 is 6.02. The molecule has 2 aliphatic rings. The zero-order valence-electron chi connectivity index (χ0n) is 17.1. The van der Waals surface area contributed by atoms with Crippen molar-refractivity contribution in [2.24, 2.45) is 11.8 Å². The lowest BCUT2D eigenvalue weighted by Gasteiger charge is -2.27. The number of nitrogens with one attached hydrogen (secondary N) is 1. The molecule has 156 valence electrons. The van der Waals surface area contributed by atoms with Gasteiger partial charge in [0.1, 0.15) is 17.2 Å². The molecule has 2 fully saturated rings. The number of benzene rings is 1. The van der Waals surface area contributed by atoms with Crippen LogP contribution in [0.2, 0.25) is 5.02 Å². The summed E-state index contributed by atoms with van der Waals surface area (Å²) in [6.45, 7) is 6.91. The second-order valence-corrected chi connectivity index (χ2v) is 8.64. The molecular formula is C21H23ClN6O2. The van der Waals surface area contributed by atoms with Crippen molar-refractivity contribution in [1.82, 2.24) is 24.8 Å². The van der Waals surface area contributed by atoms with E-state index in [4.69, 9.17) is 16.1 Å². The zero-order chi connectivity index (χ0) is 21.0. The first kappa shape index (κ1) is 19.1. The minimum Gasteiger partial charge on any atom is -0.359 e. The molecule has 30 heavy (non-hydrogen) atoms. The van der Waals surface area contributed by atoms with Gasteiger partial charge >= 0.3 is 6.03 Å². The van der Waals surface area contributed by atoms with Crippen molar-refractivity contribution >= 4 is 23.3 Å². The lowest BCUT2D eigenvalue weighted by Crippen LogP contribution is -2.38. The van der Waals surface area contributed by atoms with Gasteiger partial charge in [-0.25, -0.2) is 4.79 Å². The molecule has 0 spiro atoms. The van der Waals surface area contributed by atoms with Gasteiger partial charge < -0.3 is 19.3 Å². The van der Waals surface area contributed by atoms with Crippen LogP contribution in [0, 0.1) is 32.6 Å². The van der Waals surface area contributed by atoms with Crippen molar-refractivity contribution in [3.05, 3.63) is 58.0 Å². The Morgan fingerprint density at radius 1 is 1.23 bits per heavy atom. The number of hydrogen-bond acceptors (Lipinski definition) is 5. The highest BCUT2D eigenvalue weighted by atomic mass is 35.5. The second-order valence-electron chi connectivity index (χ2n) is 8.20. The van der Waals surface area contributed by atoms with Gasteiger partial charge in [-0.3, -0.25) is 0 Å². The quantitative estimate of drug-likeness (QED) is 0.677. The third kappa shape index (κ3) is 3.25. The van der Waals surface area contributed by atoms with Crippen LogP contribution >= 0.6 is 11.6 Å². The summed E-state index contributed by atoms with van der Waals surface area (Å²) in [5.41, 5.74) is 2.42. The molecule has 1 aliphatic heterocycles. The molecule has 0 radical (unpaired) electrons. The van der Waals surface area contributed by atoms with Gasteiger partial charge in [0, 0.05) is 11.6 Å². The van der Waals surface area contributed by atoms with Gasteiger partial charge in [0.05, 0.1) is 12.6 Å². The number of likely N-dealkylation sites (tertiary alicyclic amines) is 1. The molecule has 5 rings (SSSR count). The predicted octanol–water partition coefficient (Wildman–Crippen LogP) is 4.12. The number of aryl methyl sites for hydroxylation is 3. The smallest absolute Gasteiger partial charge is 0.322 e. The highest BCUT2D eigenvalue weighted by Crippen LogP contribution is 2.56. The number of carbonyl (C=O) groups excluding carboxylic acids is 1. The fraction of sp³-hybridized carbons (Fsp3) is 0.429. The first-order chi connectivity index (χ1) is 14.4. The van der Waals surface area contributed by atoms with Crippen LogP contribution in [0.4, 0.5) is 10.5 Å². The van der Waals surface area contributed by atoms with Gasteiger partial charge in [-0.05, 0) is 56.7 Å². The van der Waals surface area contributed by atoms with Crippen molar-refractivity contribution in [1.29, 1.82) is 0 Å². The number of hydrogen-bond donors (Lipinski definition) is 1. The standard InChI is InChI=1S/C21H23ClN6O2/c1-11-18(12(2)30-26-11)23-21(29)28-10-15-8-17(15)19(28)20-25-24-13(3)27(20)9-14-4-6-16(22)7-5-14/h4-7,15,17,19H,8-10H2,1-3H3,(H,23,29). The summed E-state index contributed by atoms with van der Waals surface area (Å²) < 4.78 is 7.28. The molecule has 1 N–H and O–H groups in total. The van der Waals surface area contributed by atoms with Crippen molar-refractivity contribution in [3.8, 4) is 0 Å². The highest BCUT2D eigenvalue weighted by Gasteiger charge is 2.56. The summed E-state index contributed by atoms with van der Waals surface area (Å²) in [5.74, 6) is 3.21. The Morgan fingerprint density at radius 3 is 2.70 bits per heavy atom. The first-order valence-corrected chi connectivity index (χ1v) is 10.4. The summed E-state index contributed by atoms with van der Waals surface area (Å²) in [6, 6.07) is 7.52. The SMILES string of the molecule is Cc1noc(C)c1NC(=O)N1CC2CC2C1c1nnc(C)n1Cc1ccc(Cl)cc1. The fourth-order valence-electron chi connectivity index (χ4n) is 4.43. The summed E-state index contributed by atoms with van der Waals surface area (Å²) in [6.07, 6.45) is 1.12. The minimum absolute atomic E-state index is 0.0935. The molecule has 1 saturated carbocycles. The van der Waals surface area contributed by atoms with Gasteiger partial charge in [0.2, 0.25) is 0 Å². The monoisotopic (exact) mass is 426 g/mol. The maximum absolute atomic E-state index is 13.2. The number of aromatic nitrogens is 4. The molecule has 2 aromatic heterocycles. The molecule has 9 heteroatoms. The maximum atomic E-state index is 13.2. The Labute approximate surface area is 179 Å². The Kier molecular flexibility index (Phi) is 4.54. The van der Waals surface area contributed by atoms with Crippen LogP contribution in [0.25, 0.3) is 0 Å². The Balaban J connectivity index is 1.43. The molecule has 1 aromatic carbocycles. The molecule has 3 atom stereocenters. The molecule has 0 bridgehead atoms. The molecule has 1 aliphatic carbocycles. The van der Waals surface area contributed by atoms with Gasteiger partial charge in [-0.15, -0.1) is 10.2 Å². The summed E-state index contributed by atoms with van der Waals surface area (Å²) in [7, 11) is 0. The van der Waals surface area contributed by atoms with Gasteiger partial charge in [-0.2, -0.15) is 0 Å². The van der Waals surface area contributed by atoms with E-state index >= 15 is 0 Å². The van der Waals surface area contributed by atoms with E-state index in [1.807, 2.05) is 43.0 Å². The number of amides is 2. The second kappa shape index (κ2) is 7.12. The first-order valence-electron chi connectivity index (χ1n) is 10.1. The van der Waals surface area contributed by atoms with E-state index < -0.39 is 0 Å². The Bertz CT molecular complexity index is 1090. The molecule has 3 aromatic rings. The fourth-order valence-corrected chi connectivity index (χ4v) is 4.56. The number of anilines is 1. The number of halogens is 1. The average molecular weight is 427 g/mol. The van der Waals surface area contributed by atoms with Crippen LogP contribution in [-0.4, -0.2) is 37.4 Å². The molecule has 3 unspecified atom stereocenters. The van der Waals surface area contributed by atoms with E-state index in [1.54, 1.807) is 6.92 Å². The summed E-state index contributed by atoms with van der Waals surface area (Å²) in [5, 5.41) is 16.4. The van der Waals surface area contributed by atoms with Crippen LogP contribution in [0.1, 0.15) is 41.1 Å². The molecule has 8 nitrogen and oxygen atoms in total. The molecule has 1 saturated heterocycles. The van der Waals surface area contributed by atoms with Crippen LogP contribution in [0.5, 0.6) is 0 Å². The van der Waals surface area contributed by atoms with E-state index in [-0.39, 0.29) is 12.1 Å². The molecular weight excluding hydrogens is 404 g/mol. The number of piperidine rings is 1. The maximum Gasteiger partial charge on any atom is 0.322 e. The van der Waals surface area contributed by atoms with E-state index in [1.165, 1.54) is 0 Å². The van der Waals surface area contributed by atoms with E-state index in [9.17, 15) is 4.79 Å². The highest BCUT2D eigenvalue weighted by molar-refractivity contribution is 6.30. The van der Waals surface area contributed by atoms with Gasteiger partial charge in [0.15, 0.2) is 11.6 Å². The molecule has 3 heterocycles. The lowest BCUT2D eigenvalue weighted by molar-refractivity contribution is 0.192. The number of carbonyl (C=O) groups is 1. The third-order valence-corrected chi connectivity index (χ3v) is 6.41. The third-order valence-electron chi connectivity index (χ3n) is 6.16. The number of nitrogens with zero attached hydrogens (tertiary/aromatic N) is 5. The van der Waals surface area contributed by atoms with Crippen LogP contribution in [0.15, 0.2) is 28.8 Å². The van der Waals surface area contributed by atoms with E-state index in [0.717, 1.165) is 30.2 Å². The Hall–Kier alpha value is -2.87. The van der Waals surface area contributed by atoms with E-state index in [2.05, 4.69) is 25.2 Å². The minimum atomic E-state index is -0.153. The number of urea groups is 1. The predicted molar refractivity (Wildman–Crippen MR) is 111 cm³/mol. The largest absolute Gasteiger partial charge is 0.359 e. The van der Waals surface area contributed by atoms with E-state index in [0.29, 0.717) is 40.5 Å². The van der Waals surface area contributed by atoms with Crippen molar-refractivity contribution < 1.29 is 9.32 Å². The number of fused-ring (bicyclic) bond motifs is 1. The normalized spacial score (nSPS) is 22.3. The zero-order valence-corrected chi connectivity index (χ0v) is 17.8. The van der Waals surface area contributed by atoms with Crippen LogP contribution < -0.4 is 5.32 Å². The topological polar surface area (TPSA) is 89.1 Å². The molecule has 2 amide bonds. The average Bonchev–Trinajstić information content (AvgIpc) is 3.10. The Morgan fingerprint density at radius 2 is 2.00 bits per heavy atom. The summed E-state index contributed by atoms with van der Waals surface area (Å²) in [4.78, 5) is 15.0. The van der Waals surface area contributed by atoms with Gasteiger partial charge in [0.25, 0.3) is 0 Å². The van der Waals surface area contributed by atoms with Crippen molar-refractivity contribution in [3.63, 3.8) is 0 Å². The van der Waals surface area contributed by atoms with Crippen LogP contribution in [0.3, 0.4) is 0 Å². The van der Waals surface area contributed by atoms with Crippen molar-refractivity contribution in [2.75, 3.05) is 11.9 Å².